The van der Waals surface area contributed by atoms with E-state index in [2.05, 4.69) is 66.7 Å². The molecule has 0 spiro atoms. The van der Waals surface area contributed by atoms with E-state index in [4.69, 9.17) is 4.74 Å². The summed E-state index contributed by atoms with van der Waals surface area (Å²) in [5.41, 5.74) is 2.28. The predicted molar refractivity (Wildman–Crippen MR) is 123 cm³/mol. The maximum atomic E-state index is 12.9. The van der Waals surface area contributed by atoms with Gasteiger partial charge >= 0.3 is 5.97 Å². The van der Waals surface area contributed by atoms with Crippen molar-refractivity contribution < 1.29 is 9.53 Å². The number of hydrogen-bond donors (Lipinski definition) is 0. The lowest BCUT2D eigenvalue weighted by Crippen LogP contribution is -2.30. The lowest BCUT2D eigenvalue weighted by molar-refractivity contribution is -0.00611. The molecule has 1 saturated carbocycles. The molecule has 1 aliphatic carbocycles. The second-order valence-electron chi connectivity index (χ2n) is 10.3. The Hall–Kier alpha value is -1.31. The summed E-state index contributed by atoms with van der Waals surface area (Å²) in [6.45, 7) is 16.2. The molecule has 0 saturated heterocycles. The summed E-state index contributed by atoms with van der Waals surface area (Å²) >= 11 is 0. The molecule has 2 nitrogen and oxygen atoms in total. The van der Waals surface area contributed by atoms with Gasteiger partial charge in [-0.3, -0.25) is 0 Å². The second-order valence-corrected chi connectivity index (χ2v) is 10.3. The average Bonchev–Trinajstić information content (AvgIpc) is 3.17. The minimum absolute atomic E-state index is 0.154. The Morgan fingerprint density at radius 1 is 1.03 bits per heavy atom. The van der Waals surface area contributed by atoms with Crippen LogP contribution in [0.25, 0.3) is 0 Å². The SMILES string of the molecule is CCC(C)(CC)CC(c1cccc(C(=O)OC2(C)CCCC2)c1)C(C)(CC)CC. The van der Waals surface area contributed by atoms with Crippen LogP contribution in [-0.2, 0) is 4.74 Å². The van der Waals surface area contributed by atoms with Crippen LogP contribution in [0.4, 0.5) is 0 Å². The van der Waals surface area contributed by atoms with Gasteiger partial charge in [-0.2, -0.15) is 0 Å². The van der Waals surface area contributed by atoms with E-state index in [9.17, 15) is 4.79 Å². The number of hydrogen-bond acceptors (Lipinski definition) is 2. The molecule has 0 heterocycles. The van der Waals surface area contributed by atoms with E-state index in [0.29, 0.717) is 16.9 Å². The third-order valence-corrected chi connectivity index (χ3v) is 8.39. The molecule has 1 atom stereocenters. The van der Waals surface area contributed by atoms with Gasteiger partial charge in [-0.15, -0.1) is 0 Å². The molecule has 2 heteroatoms. The van der Waals surface area contributed by atoms with Gasteiger partial charge in [0.1, 0.15) is 5.60 Å². The Bertz CT molecular complexity index is 661. The molecule has 164 valence electrons. The molecule has 2 rings (SSSR count). The quantitative estimate of drug-likeness (QED) is 0.369. The Balaban J connectivity index is 2.36. The first-order valence-corrected chi connectivity index (χ1v) is 12.0. The van der Waals surface area contributed by atoms with Crippen molar-refractivity contribution in [3.8, 4) is 0 Å². The van der Waals surface area contributed by atoms with Gasteiger partial charge in [0.05, 0.1) is 5.56 Å². The van der Waals surface area contributed by atoms with E-state index in [1.807, 2.05) is 6.07 Å². The fraction of sp³-hybridized carbons (Fsp3) is 0.741. The predicted octanol–water partition coefficient (Wildman–Crippen LogP) is 8.30. The first-order chi connectivity index (χ1) is 13.6. The number of rotatable bonds is 10. The van der Waals surface area contributed by atoms with E-state index < -0.39 is 0 Å². The molecule has 1 aromatic rings. The number of carbonyl (C=O) groups is 1. The lowest BCUT2D eigenvalue weighted by atomic mass is 9.63. The highest BCUT2D eigenvalue weighted by atomic mass is 16.6. The highest BCUT2D eigenvalue weighted by Crippen LogP contribution is 2.49. The first kappa shape index (κ1) is 24.0. The Morgan fingerprint density at radius 2 is 1.62 bits per heavy atom. The Morgan fingerprint density at radius 3 is 2.14 bits per heavy atom. The highest BCUT2D eigenvalue weighted by Gasteiger charge is 2.37. The molecule has 0 radical (unpaired) electrons. The van der Waals surface area contributed by atoms with Crippen molar-refractivity contribution in [2.24, 2.45) is 10.8 Å². The topological polar surface area (TPSA) is 26.3 Å². The van der Waals surface area contributed by atoms with E-state index in [-0.39, 0.29) is 17.0 Å². The van der Waals surface area contributed by atoms with Crippen LogP contribution in [0.15, 0.2) is 24.3 Å². The van der Waals surface area contributed by atoms with Crippen LogP contribution < -0.4 is 0 Å². The average molecular weight is 401 g/mol. The van der Waals surface area contributed by atoms with E-state index in [1.165, 1.54) is 18.4 Å². The van der Waals surface area contributed by atoms with Crippen LogP contribution >= 0.6 is 0 Å². The van der Waals surface area contributed by atoms with Crippen molar-refractivity contribution in [3.05, 3.63) is 35.4 Å². The minimum Gasteiger partial charge on any atom is -0.456 e. The van der Waals surface area contributed by atoms with Crippen molar-refractivity contribution in [1.29, 1.82) is 0 Å². The Labute approximate surface area is 179 Å². The van der Waals surface area contributed by atoms with Crippen LogP contribution in [-0.4, -0.2) is 11.6 Å². The summed E-state index contributed by atoms with van der Waals surface area (Å²) in [5, 5.41) is 0. The van der Waals surface area contributed by atoms with Gasteiger partial charge in [0, 0.05) is 0 Å². The molecule has 1 fully saturated rings. The molecular weight excluding hydrogens is 356 g/mol. The van der Waals surface area contributed by atoms with Gasteiger partial charge in [0.2, 0.25) is 0 Å². The van der Waals surface area contributed by atoms with Crippen molar-refractivity contribution in [3.63, 3.8) is 0 Å². The maximum absolute atomic E-state index is 12.9. The van der Waals surface area contributed by atoms with Gasteiger partial charge in [0.15, 0.2) is 0 Å². The normalized spacial score (nSPS) is 17.9. The highest BCUT2D eigenvalue weighted by molar-refractivity contribution is 5.90. The molecule has 0 bridgehead atoms. The van der Waals surface area contributed by atoms with Crippen LogP contribution in [0, 0.1) is 10.8 Å². The molecule has 29 heavy (non-hydrogen) atoms. The summed E-state index contributed by atoms with van der Waals surface area (Å²) in [4.78, 5) is 12.9. The van der Waals surface area contributed by atoms with Crippen molar-refractivity contribution >= 4 is 5.97 Å². The fourth-order valence-corrected chi connectivity index (χ4v) is 4.93. The molecule has 1 aromatic carbocycles. The van der Waals surface area contributed by atoms with Gasteiger partial charge in [-0.25, -0.2) is 4.79 Å². The number of ether oxygens (including phenoxy) is 1. The minimum atomic E-state index is -0.281. The zero-order valence-corrected chi connectivity index (χ0v) is 20.1. The lowest BCUT2D eigenvalue weighted by Gasteiger charge is -2.42. The van der Waals surface area contributed by atoms with Crippen molar-refractivity contribution in [2.45, 2.75) is 118 Å². The van der Waals surface area contributed by atoms with Crippen LogP contribution in [0.5, 0.6) is 0 Å². The van der Waals surface area contributed by atoms with Crippen LogP contribution in [0.2, 0.25) is 0 Å². The standard InChI is InChI=1S/C27H44O2/c1-8-25(5,9-2)20-23(26(6,10-3)11-4)21-15-14-16-22(19-21)24(28)29-27(7)17-12-13-18-27/h14-16,19,23H,8-13,17-18,20H2,1-7H3. The molecule has 1 aliphatic rings. The van der Waals surface area contributed by atoms with E-state index in [1.54, 1.807) is 0 Å². The molecule has 0 amide bonds. The van der Waals surface area contributed by atoms with E-state index in [0.717, 1.165) is 44.9 Å². The van der Waals surface area contributed by atoms with E-state index >= 15 is 0 Å². The summed E-state index contributed by atoms with van der Waals surface area (Å²) in [5.74, 6) is 0.288. The summed E-state index contributed by atoms with van der Waals surface area (Å²) < 4.78 is 5.96. The number of benzene rings is 1. The van der Waals surface area contributed by atoms with Gasteiger partial charge in [0.25, 0.3) is 0 Å². The summed E-state index contributed by atoms with van der Waals surface area (Å²) in [6.07, 6.45) is 10.1. The first-order valence-electron chi connectivity index (χ1n) is 12.0. The monoisotopic (exact) mass is 400 g/mol. The summed E-state index contributed by atoms with van der Waals surface area (Å²) in [7, 11) is 0. The van der Waals surface area contributed by atoms with Crippen LogP contribution in [0.1, 0.15) is 128 Å². The molecule has 0 aliphatic heterocycles. The van der Waals surface area contributed by atoms with Gasteiger partial charge < -0.3 is 4.74 Å². The third-order valence-electron chi connectivity index (χ3n) is 8.39. The van der Waals surface area contributed by atoms with Gasteiger partial charge in [-0.1, -0.05) is 79.4 Å². The van der Waals surface area contributed by atoms with Crippen LogP contribution in [0.3, 0.4) is 0 Å². The molecule has 0 N–H and O–H groups in total. The zero-order valence-electron chi connectivity index (χ0n) is 20.1. The summed E-state index contributed by atoms with van der Waals surface area (Å²) in [6, 6.07) is 8.33. The smallest absolute Gasteiger partial charge is 0.338 e. The van der Waals surface area contributed by atoms with Crippen molar-refractivity contribution in [2.75, 3.05) is 0 Å². The third kappa shape index (κ3) is 5.64. The zero-order chi connectivity index (χ0) is 21.7. The molecular formula is C27H44O2. The number of carbonyl (C=O) groups excluding carboxylic acids is 1. The molecule has 0 aromatic heterocycles. The largest absolute Gasteiger partial charge is 0.456 e. The maximum Gasteiger partial charge on any atom is 0.338 e. The fourth-order valence-electron chi connectivity index (χ4n) is 4.93. The number of esters is 1. The Kier molecular flexibility index (Phi) is 7.99. The molecule has 1 unspecified atom stereocenters. The van der Waals surface area contributed by atoms with Crippen molar-refractivity contribution in [1.82, 2.24) is 0 Å². The second kappa shape index (κ2) is 9.67. The van der Waals surface area contributed by atoms with Gasteiger partial charge in [-0.05, 0) is 73.5 Å².